The molecule has 0 radical (unpaired) electrons. The molecule has 2 unspecified atom stereocenters. The lowest BCUT2D eigenvalue weighted by Gasteiger charge is -2.35. The zero-order chi connectivity index (χ0) is 30.6. The SMILES string of the molecule is O=C(CC(C1=C(c2ccccc2)Nc2ncnn2C1c1ccccc1)c1ccc(C(=O)c2ccccc2)cc1)c1ccccc1. The van der Waals surface area contributed by atoms with Gasteiger partial charge in [-0.3, -0.25) is 9.59 Å². The maximum Gasteiger partial charge on any atom is 0.226 e. The zero-order valence-corrected chi connectivity index (χ0v) is 24.5. The van der Waals surface area contributed by atoms with E-state index in [4.69, 9.17) is 0 Å². The molecule has 5 aromatic carbocycles. The van der Waals surface area contributed by atoms with Crippen molar-refractivity contribution >= 4 is 23.2 Å². The second kappa shape index (κ2) is 12.4. The summed E-state index contributed by atoms with van der Waals surface area (Å²) in [6, 6.07) is 46.3. The van der Waals surface area contributed by atoms with Gasteiger partial charge in [-0.1, -0.05) is 146 Å². The van der Waals surface area contributed by atoms with Crippen LogP contribution in [0.4, 0.5) is 5.95 Å². The second-order valence-corrected chi connectivity index (χ2v) is 11.0. The van der Waals surface area contributed by atoms with Gasteiger partial charge in [-0.2, -0.15) is 10.1 Å². The van der Waals surface area contributed by atoms with Gasteiger partial charge in [0, 0.05) is 29.0 Å². The highest BCUT2D eigenvalue weighted by Crippen LogP contribution is 2.46. The topological polar surface area (TPSA) is 76.9 Å². The first-order valence-corrected chi connectivity index (χ1v) is 15.0. The molecule has 0 saturated carbocycles. The van der Waals surface area contributed by atoms with Gasteiger partial charge in [0.25, 0.3) is 0 Å². The number of benzene rings is 5. The van der Waals surface area contributed by atoms with E-state index in [1.807, 2.05) is 126 Å². The lowest BCUT2D eigenvalue weighted by molar-refractivity contribution is 0.0975. The number of rotatable bonds is 9. The molecule has 1 aromatic heterocycles. The average molecular weight is 587 g/mol. The third-order valence-corrected chi connectivity index (χ3v) is 8.29. The molecule has 0 bridgehead atoms. The van der Waals surface area contributed by atoms with E-state index in [2.05, 4.69) is 39.7 Å². The van der Waals surface area contributed by atoms with Crippen molar-refractivity contribution in [2.75, 3.05) is 5.32 Å². The number of fused-ring (bicyclic) bond motifs is 1. The number of carbonyl (C=O) groups excluding carboxylic acids is 2. The summed E-state index contributed by atoms with van der Waals surface area (Å²) in [5, 5.41) is 8.22. The standard InChI is InChI=1S/C39H30N4O2/c44-34(28-13-5-1-6-14-28)25-33(27-21-23-32(24-22-27)38(45)31-19-11-4-12-20-31)35-36(29-15-7-2-8-16-29)42-39-40-26-41-43(39)37(35)30-17-9-3-10-18-30/h1-24,26,33,37H,25H2,(H,40,41,42). The van der Waals surface area contributed by atoms with Crippen LogP contribution in [-0.2, 0) is 0 Å². The number of anilines is 1. The molecule has 6 aromatic rings. The number of hydrogen-bond acceptors (Lipinski definition) is 5. The minimum absolute atomic E-state index is 0.0288. The fourth-order valence-electron chi connectivity index (χ4n) is 6.10. The predicted molar refractivity (Wildman–Crippen MR) is 176 cm³/mol. The fraction of sp³-hybridized carbons (Fsp3) is 0.0769. The van der Waals surface area contributed by atoms with Crippen LogP contribution in [0.5, 0.6) is 0 Å². The summed E-state index contributed by atoms with van der Waals surface area (Å²) >= 11 is 0. The van der Waals surface area contributed by atoms with Gasteiger partial charge in [0.15, 0.2) is 11.6 Å². The molecule has 0 aliphatic carbocycles. The molecule has 0 spiro atoms. The smallest absolute Gasteiger partial charge is 0.226 e. The summed E-state index contributed by atoms with van der Waals surface area (Å²) in [5.41, 5.74) is 6.71. The molecule has 6 heteroatoms. The Bertz CT molecular complexity index is 1970. The molecular weight excluding hydrogens is 556 g/mol. The monoisotopic (exact) mass is 586 g/mol. The Labute approximate surface area is 261 Å². The first kappa shape index (κ1) is 27.9. The Morgan fingerprint density at radius 1 is 0.667 bits per heavy atom. The van der Waals surface area contributed by atoms with Crippen molar-refractivity contribution < 1.29 is 9.59 Å². The normalized spacial score (nSPS) is 14.7. The molecule has 2 atom stereocenters. The Morgan fingerprint density at radius 2 is 1.22 bits per heavy atom. The van der Waals surface area contributed by atoms with Gasteiger partial charge in [0.1, 0.15) is 12.4 Å². The number of carbonyl (C=O) groups is 2. The van der Waals surface area contributed by atoms with Crippen molar-refractivity contribution in [3.8, 4) is 0 Å². The van der Waals surface area contributed by atoms with E-state index in [0.29, 0.717) is 22.6 Å². The molecule has 7 rings (SSSR count). The van der Waals surface area contributed by atoms with Crippen LogP contribution in [0.2, 0.25) is 0 Å². The highest BCUT2D eigenvalue weighted by molar-refractivity contribution is 6.09. The van der Waals surface area contributed by atoms with E-state index in [-0.39, 0.29) is 29.9 Å². The molecule has 0 fully saturated rings. The number of aromatic nitrogens is 3. The van der Waals surface area contributed by atoms with E-state index in [9.17, 15) is 9.59 Å². The van der Waals surface area contributed by atoms with Crippen molar-refractivity contribution in [2.45, 2.75) is 18.4 Å². The van der Waals surface area contributed by atoms with Crippen molar-refractivity contribution in [1.29, 1.82) is 0 Å². The van der Waals surface area contributed by atoms with Crippen molar-refractivity contribution in [3.63, 3.8) is 0 Å². The van der Waals surface area contributed by atoms with E-state index in [0.717, 1.165) is 28.0 Å². The van der Waals surface area contributed by atoms with Gasteiger partial charge >= 0.3 is 0 Å². The van der Waals surface area contributed by atoms with Gasteiger partial charge in [-0.15, -0.1) is 0 Å². The van der Waals surface area contributed by atoms with Crippen LogP contribution in [0, 0.1) is 0 Å². The second-order valence-electron chi connectivity index (χ2n) is 11.0. The van der Waals surface area contributed by atoms with Crippen LogP contribution in [0.15, 0.2) is 157 Å². The van der Waals surface area contributed by atoms with Gasteiger partial charge in [0.05, 0.1) is 5.70 Å². The van der Waals surface area contributed by atoms with Crippen LogP contribution in [0.1, 0.15) is 61.4 Å². The Balaban J connectivity index is 1.41. The quantitative estimate of drug-likeness (QED) is 0.174. The maximum atomic E-state index is 14.0. The number of allylic oxidation sites excluding steroid dienone is 1. The highest BCUT2D eigenvalue weighted by atomic mass is 16.1. The first-order chi connectivity index (χ1) is 22.2. The minimum Gasteiger partial charge on any atom is -0.324 e. The molecule has 0 amide bonds. The van der Waals surface area contributed by atoms with Crippen molar-refractivity contribution in [2.24, 2.45) is 0 Å². The third kappa shape index (κ3) is 5.61. The molecule has 6 nitrogen and oxygen atoms in total. The van der Waals surface area contributed by atoms with E-state index < -0.39 is 0 Å². The summed E-state index contributed by atoms with van der Waals surface area (Å²) in [5.74, 6) is 0.255. The summed E-state index contributed by atoms with van der Waals surface area (Å²) in [6.45, 7) is 0. The number of Topliss-reactive ketones (excluding diaryl/α,β-unsaturated/α-hetero) is 1. The van der Waals surface area contributed by atoms with Crippen LogP contribution in [-0.4, -0.2) is 26.3 Å². The van der Waals surface area contributed by atoms with Crippen LogP contribution < -0.4 is 5.32 Å². The summed E-state index contributed by atoms with van der Waals surface area (Å²) in [7, 11) is 0. The molecule has 1 N–H and O–H groups in total. The fourth-order valence-corrected chi connectivity index (χ4v) is 6.10. The summed E-state index contributed by atoms with van der Waals surface area (Å²) in [4.78, 5) is 31.8. The third-order valence-electron chi connectivity index (χ3n) is 8.29. The average Bonchev–Trinajstić information content (AvgIpc) is 3.60. The number of nitrogens with zero attached hydrogens (tertiary/aromatic N) is 3. The van der Waals surface area contributed by atoms with E-state index in [1.54, 1.807) is 6.33 Å². The van der Waals surface area contributed by atoms with Crippen molar-refractivity contribution in [3.05, 3.63) is 191 Å². The Kier molecular flexibility index (Phi) is 7.69. The first-order valence-electron chi connectivity index (χ1n) is 15.0. The van der Waals surface area contributed by atoms with Crippen LogP contribution in [0.25, 0.3) is 5.70 Å². The lowest BCUT2D eigenvalue weighted by Crippen LogP contribution is -2.29. The van der Waals surface area contributed by atoms with Crippen LogP contribution >= 0.6 is 0 Å². The minimum atomic E-state index is -0.358. The predicted octanol–water partition coefficient (Wildman–Crippen LogP) is 7.99. The molecule has 2 heterocycles. The largest absolute Gasteiger partial charge is 0.324 e. The molecule has 1 aliphatic heterocycles. The molecular formula is C39H30N4O2. The molecule has 45 heavy (non-hydrogen) atoms. The lowest BCUT2D eigenvalue weighted by atomic mass is 9.77. The van der Waals surface area contributed by atoms with Gasteiger partial charge in [0.2, 0.25) is 5.95 Å². The summed E-state index contributed by atoms with van der Waals surface area (Å²) in [6.07, 6.45) is 1.77. The number of ketones is 2. The highest BCUT2D eigenvalue weighted by Gasteiger charge is 2.37. The van der Waals surface area contributed by atoms with Crippen molar-refractivity contribution in [1.82, 2.24) is 14.8 Å². The molecule has 1 aliphatic rings. The number of nitrogens with one attached hydrogen (secondary N) is 1. The Hall–Kier alpha value is -5.88. The Morgan fingerprint density at radius 3 is 1.87 bits per heavy atom. The zero-order valence-electron chi connectivity index (χ0n) is 24.5. The van der Waals surface area contributed by atoms with Gasteiger partial charge in [-0.25, -0.2) is 4.68 Å². The maximum absolute atomic E-state index is 14.0. The van der Waals surface area contributed by atoms with Gasteiger partial charge in [-0.05, 0) is 22.3 Å². The van der Waals surface area contributed by atoms with E-state index in [1.165, 1.54) is 0 Å². The van der Waals surface area contributed by atoms with E-state index >= 15 is 0 Å². The number of hydrogen-bond donors (Lipinski definition) is 1. The van der Waals surface area contributed by atoms with Gasteiger partial charge < -0.3 is 5.32 Å². The van der Waals surface area contributed by atoms with Crippen LogP contribution in [0.3, 0.4) is 0 Å². The molecule has 0 saturated heterocycles. The molecule has 218 valence electrons. The summed E-state index contributed by atoms with van der Waals surface area (Å²) < 4.78 is 1.89.